The van der Waals surface area contributed by atoms with Gasteiger partial charge in [-0.25, -0.2) is 0 Å². The number of aryl methyl sites for hydroxylation is 1. The predicted molar refractivity (Wildman–Crippen MR) is 90.6 cm³/mol. The van der Waals surface area contributed by atoms with Gasteiger partial charge in [-0.2, -0.15) is 13.2 Å². The fourth-order valence-corrected chi connectivity index (χ4v) is 2.95. The van der Waals surface area contributed by atoms with Gasteiger partial charge in [0.2, 0.25) is 0 Å². The molecule has 144 valence electrons. The lowest BCUT2D eigenvalue weighted by molar-refractivity contribution is -0.343. The summed E-state index contributed by atoms with van der Waals surface area (Å²) in [6.07, 6.45) is 2.67. The van der Waals surface area contributed by atoms with E-state index in [1.54, 1.807) is 6.07 Å². The van der Waals surface area contributed by atoms with Crippen LogP contribution < -0.4 is 0 Å². The molecule has 1 aromatic rings. The van der Waals surface area contributed by atoms with Crippen molar-refractivity contribution in [3.05, 3.63) is 35.4 Å². The van der Waals surface area contributed by atoms with Crippen LogP contribution in [0.4, 0.5) is 13.2 Å². The molecule has 1 atom stereocenters. The maximum Gasteiger partial charge on any atom is 0.416 e. The molecule has 6 heteroatoms. The fraction of sp³-hybridized carbons (Fsp3) is 0.684. The second kappa shape index (κ2) is 10.1. The molecule has 0 aliphatic rings. The molecule has 0 aromatic heterocycles. The van der Waals surface area contributed by atoms with Crippen molar-refractivity contribution in [1.29, 1.82) is 0 Å². The monoisotopic (exact) mass is 362 g/mol. The predicted octanol–water partition coefficient (Wildman–Crippen LogP) is 4.64. The molecule has 0 spiro atoms. The Morgan fingerprint density at radius 2 is 1.56 bits per heavy atom. The first-order valence-corrected chi connectivity index (χ1v) is 8.97. The first kappa shape index (κ1) is 21.9. The number of benzene rings is 1. The minimum Gasteiger partial charge on any atom is -0.343 e. The summed E-state index contributed by atoms with van der Waals surface area (Å²) in [6.45, 7) is 2.13. The first-order chi connectivity index (χ1) is 11.6. The summed E-state index contributed by atoms with van der Waals surface area (Å²) < 4.78 is 38.2. The van der Waals surface area contributed by atoms with Crippen LogP contribution in [0.15, 0.2) is 24.3 Å². The van der Waals surface area contributed by atoms with E-state index in [-0.39, 0.29) is 12.8 Å². The maximum atomic E-state index is 12.7. The van der Waals surface area contributed by atoms with Crippen LogP contribution in [-0.4, -0.2) is 21.3 Å². The standard InChI is InChI=1S/C19H29F3O3/c1-2-3-4-5-6-7-10-16(19(23,24)25)13-12-15-9-8-11-17(14-15)18(20,21)22/h8-9,11,14,16,23-25H,2-7,10,12-13H2,1H3. The van der Waals surface area contributed by atoms with E-state index in [4.69, 9.17) is 0 Å². The smallest absolute Gasteiger partial charge is 0.343 e. The van der Waals surface area contributed by atoms with Crippen molar-refractivity contribution in [2.45, 2.75) is 76.9 Å². The highest BCUT2D eigenvalue weighted by atomic mass is 19.4. The van der Waals surface area contributed by atoms with E-state index < -0.39 is 23.6 Å². The van der Waals surface area contributed by atoms with Crippen molar-refractivity contribution in [3.8, 4) is 0 Å². The minimum atomic E-state index is -4.40. The largest absolute Gasteiger partial charge is 0.416 e. The van der Waals surface area contributed by atoms with Crippen molar-refractivity contribution in [1.82, 2.24) is 0 Å². The van der Waals surface area contributed by atoms with Crippen LogP contribution in [0.3, 0.4) is 0 Å². The van der Waals surface area contributed by atoms with Gasteiger partial charge in [0.15, 0.2) is 0 Å². The molecule has 1 rings (SSSR count). The third-order valence-electron chi connectivity index (χ3n) is 4.49. The summed E-state index contributed by atoms with van der Waals surface area (Å²) in [5.74, 6) is -3.58. The molecule has 0 heterocycles. The summed E-state index contributed by atoms with van der Waals surface area (Å²) in [4.78, 5) is 0. The normalized spacial score (nSPS) is 13.9. The Morgan fingerprint density at radius 3 is 2.16 bits per heavy atom. The molecule has 0 saturated carbocycles. The van der Waals surface area contributed by atoms with E-state index in [9.17, 15) is 28.5 Å². The van der Waals surface area contributed by atoms with E-state index in [2.05, 4.69) is 6.92 Å². The molecule has 3 N–H and O–H groups in total. The van der Waals surface area contributed by atoms with Crippen LogP contribution in [0.25, 0.3) is 0 Å². The van der Waals surface area contributed by atoms with Crippen LogP contribution in [0.2, 0.25) is 0 Å². The van der Waals surface area contributed by atoms with Crippen LogP contribution in [0, 0.1) is 5.92 Å². The molecule has 0 amide bonds. The van der Waals surface area contributed by atoms with Crippen molar-refractivity contribution >= 4 is 0 Å². The van der Waals surface area contributed by atoms with E-state index in [1.165, 1.54) is 12.5 Å². The quantitative estimate of drug-likeness (QED) is 0.397. The Hall–Kier alpha value is -1.11. The molecule has 0 aliphatic heterocycles. The molecule has 0 bridgehead atoms. The lowest BCUT2D eigenvalue weighted by atomic mass is 9.91. The second-order valence-corrected chi connectivity index (χ2v) is 6.68. The summed E-state index contributed by atoms with van der Waals surface area (Å²) >= 11 is 0. The Bertz CT molecular complexity index is 495. The van der Waals surface area contributed by atoms with Crippen molar-refractivity contribution < 1.29 is 28.5 Å². The molecule has 0 saturated heterocycles. The highest BCUT2D eigenvalue weighted by Crippen LogP contribution is 2.31. The molecule has 25 heavy (non-hydrogen) atoms. The van der Waals surface area contributed by atoms with Crippen molar-refractivity contribution in [2.75, 3.05) is 0 Å². The highest BCUT2D eigenvalue weighted by Gasteiger charge is 2.32. The zero-order valence-corrected chi connectivity index (χ0v) is 14.7. The summed E-state index contributed by atoms with van der Waals surface area (Å²) in [6, 6.07) is 4.98. The van der Waals surface area contributed by atoms with Crippen molar-refractivity contribution in [3.63, 3.8) is 0 Å². The van der Waals surface area contributed by atoms with Gasteiger partial charge in [0.05, 0.1) is 5.56 Å². The highest BCUT2D eigenvalue weighted by molar-refractivity contribution is 5.25. The third-order valence-corrected chi connectivity index (χ3v) is 4.49. The number of alkyl halides is 3. The first-order valence-electron chi connectivity index (χ1n) is 8.97. The van der Waals surface area contributed by atoms with E-state index in [0.29, 0.717) is 12.0 Å². The van der Waals surface area contributed by atoms with Gasteiger partial charge < -0.3 is 15.3 Å². The number of unbranched alkanes of at least 4 members (excludes halogenated alkanes) is 5. The average molecular weight is 362 g/mol. The summed E-state index contributed by atoms with van der Waals surface area (Å²) in [7, 11) is 0. The average Bonchev–Trinajstić information content (AvgIpc) is 2.51. The van der Waals surface area contributed by atoms with Crippen LogP contribution in [0.1, 0.15) is 69.4 Å². The molecule has 0 fully saturated rings. The topological polar surface area (TPSA) is 60.7 Å². The SMILES string of the molecule is CCCCCCCCC(CCc1cccc(C(F)(F)F)c1)C(O)(O)O. The molecule has 1 aromatic carbocycles. The maximum absolute atomic E-state index is 12.7. The zero-order valence-electron chi connectivity index (χ0n) is 14.7. The van der Waals surface area contributed by atoms with Crippen molar-refractivity contribution in [2.24, 2.45) is 5.92 Å². The second-order valence-electron chi connectivity index (χ2n) is 6.68. The number of hydrogen-bond donors (Lipinski definition) is 3. The van der Waals surface area contributed by atoms with Gasteiger partial charge >= 0.3 is 6.18 Å². The molecule has 0 aliphatic carbocycles. The van der Waals surface area contributed by atoms with Gasteiger partial charge in [-0.3, -0.25) is 0 Å². The van der Waals surface area contributed by atoms with E-state index in [1.807, 2.05) is 0 Å². The number of hydrogen-bond acceptors (Lipinski definition) is 3. The third kappa shape index (κ3) is 8.70. The Labute approximate surface area is 147 Å². The molecule has 0 radical (unpaired) electrons. The van der Waals surface area contributed by atoms with Gasteiger partial charge in [-0.1, -0.05) is 63.6 Å². The Balaban J connectivity index is 2.53. The molecular formula is C19H29F3O3. The summed E-state index contributed by atoms with van der Waals surface area (Å²) in [5.41, 5.74) is -0.257. The molecular weight excluding hydrogens is 333 g/mol. The summed E-state index contributed by atoms with van der Waals surface area (Å²) in [5, 5.41) is 28.5. The van der Waals surface area contributed by atoms with Crippen LogP contribution in [-0.2, 0) is 12.6 Å². The molecule has 3 nitrogen and oxygen atoms in total. The van der Waals surface area contributed by atoms with Gasteiger partial charge in [-0.15, -0.1) is 0 Å². The Kier molecular flexibility index (Phi) is 8.89. The number of aliphatic hydroxyl groups is 3. The fourth-order valence-electron chi connectivity index (χ4n) is 2.95. The van der Waals surface area contributed by atoms with Gasteiger partial charge in [-0.05, 0) is 30.9 Å². The Morgan fingerprint density at radius 1 is 0.920 bits per heavy atom. The number of rotatable bonds is 11. The van der Waals surface area contributed by atoms with Gasteiger partial charge in [0, 0.05) is 5.92 Å². The van der Waals surface area contributed by atoms with E-state index >= 15 is 0 Å². The molecule has 1 unspecified atom stereocenters. The lowest BCUT2D eigenvalue weighted by Crippen LogP contribution is -2.37. The van der Waals surface area contributed by atoms with E-state index in [0.717, 1.165) is 44.2 Å². The van der Waals surface area contributed by atoms with Gasteiger partial charge in [0.25, 0.3) is 5.97 Å². The minimum absolute atomic E-state index is 0.208. The zero-order chi connectivity index (χ0) is 18.9. The van der Waals surface area contributed by atoms with Crippen LogP contribution >= 0.6 is 0 Å². The number of halogens is 3. The lowest BCUT2D eigenvalue weighted by Gasteiger charge is -2.26. The van der Waals surface area contributed by atoms with Crippen LogP contribution in [0.5, 0.6) is 0 Å². The van der Waals surface area contributed by atoms with Gasteiger partial charge in [0.1, 0.15) is 0 Å².